The molecule has 0 aliphatic carbocycles. The lowest BCUT2D eigenvalue weighted by Gasteiger charge is -2.11. The summed E-state index contributed by atoms with van der Waals surface area (Å²) in [6.45, 7) is 2.04. The van der Waals surface area contributed by atoms with Crippen LogP contribution in [0.4, 0.5) is 4.39 Å². The number of hydrogen-bond donors (Lipinski definition) is 1. The Morgan fingerprint density at radius 3 is 2.95 bits per heavy atom. The van der Waals surface area contributed by atoms with Gasteiger partial charge in [0.15, 0.2) is 0 Å². The molecule has 0 bridgehead atoms. The summed E-state index contributed by atoms with van der Waals surface area (Å²) in [5, 5.41) is 2.89. The number of nitrogens with one attached hydrogen (secondary N) is 1. The highest BCUT2D eigenvalue weighted by Gasteiger charge is 2.18. The minimum absolute atomic E-state index is 0.191. The molecule has 1 aliphatic rings. The molecule has 1 aromatic carbocycles. The molecule has 5 nitrogen and oxygen atoms in total. The number of hydrogen-bond acceptors (Lipinski definition) is 3. The number of nitrogens with zero attached hydrogens (tertiary/aromatic N) is 2. The van der Waals surface area contributed by atoms with Crippen LogP contribution in [-0.2, 0) is 4.74 Å². The van der Waals surface area contributed by atoms with Crippen LogP contribution in [0, 0.1) is 11.7 Å². The van der Waals surface area contributed by atoms with Crippen molar-refractivity contribution in [1.82, 2.24) is 14.9 Å². The number of ether oxygens (including phenoxy) is 1. The van der Waals surface area contributed by atoms with Crippen LogP contribution in [0.25, 0.3) is 5.69 Å². The van der Waals surface area contributed by atoms with E-state index in [4.69, 9.17) is 4.74 Å². The predicted octanol–water partition coefficient (Wildman–Crippen LogP) is 1.78. The molecule has 1 N–H and O–H groups in total. The second-order valence-corrected chi connectivity index (χ2v) is 5.06. The summed E-state index contributed by atoms with van der Waals surface area (Å²) in [4.78, 5) is 16.2. The topological polar surface area (TPSA) is 56.1 Å². The molecule has 0 spiro atoms. The Labute approximate surface area is 121 Å². The Hall–Kier alpha value is -2.21. The van der Waals surface area contributed by atoms with Crippen LogP contribution in [0.15, 0.2) is 36.8 Å². The summed E-state index contributed by atoms with van der Waals surface area (Å²) >= 11 is 0. The van der Waals surface area contributed by atoms with Crippen LogP contribution >= 0.6 is 0 Å². The smallest absolute Gasteiger partial charge is 0.269 e. The molecular formula is C15H16FN3O2. The van der Waals surface area contributed by atoms with Crippen molar-refractivity contribution in [2.45, 2.75) is 6.42 Å². The Bertz CT molecular complexity index is 618. The molecule has 3 rings (SSSR count). The van der Waals surface area contributed by atoms with Gasteiger partial charge in [0.25, 0.3) is 5.91 Å². The number of amides is 1. The van der Waals surface area contributed by atoms with Crippen molar-refractivity contribution >= 4 is 5.91 Å². The first-order valence-electron chi connectivity index (χ1n) is 6.88. The van der Waals surface area contributed by atoms with Gasteiger partial charge in [-0.15, -0.1) is 0 Å². The monoisotopic (exact) mass is 289 g/mol. The lowest BCUT2D eigenvalue weighted by atomic mass is 10.1. The third-order valence-electron chi connectivity index (χ3n) is 3.55. The van der Waals surface area contributed by atoms with Crippen LogP contribution in [0.2, 0.25) is 0 Å². The fraction of sp³-hybridized carbons (Fsp3) is 0.333. The number of aromatic nitrogens is 2. The lowest BCUT2D eigenvalue weighted by molar-refractivity contribution is 0.0938. The van der Waals surface area contributed by atoms with Gasteiger partial charge >= 0.3 is 0 Å². The summed E-state index contributed by atoms with van der Waals surface area (Å²) in [5.74, 6) is -0.133. The van der Waals surface area contributed by atoms with E-state index in [0.717, 1.165) is 13.0 Å². The zero-order valence-corrected chi connectivity index (χ0v) is 11.5. The van der Waals surface area contributed by atoms with E-state index in [9.17, 15) is 9.18 Å². The van der Waals surface area contributed by atoms with Crippen LogP contribution < -0.4 is 5.32 Å². The number of rotatable bonds is 4. The van der Waals surface area contributed by atoms with Gasteiger partial charge in [-0.25, -0.2) is 9.37 Å². The zero-order chi connectivity index (χ0) is 14.7. The van der Waals surface area contributed by atoms with Gasteiger partial charge in [0.1, 0.15) is 11.5 Å². The van der Waals surface area contributed by atoms with Crippen molar-refractivity contribution in [3.8, 4) is 5.69 Å². The zero-order valence-electron chi connectivity index (χ0n) is 11.5. The largest absolute Gasteiger partial charge is 0.381 e. The van der Waals surface area contributed by atoms with Gasteiger partial charge in [0.05, 0.1) is 19.1 Å². The minimum atomic E-state index is -0.314. The molecule has 2 aromatic rings. The van der Waals surface area contributed by atoms with E-state index in [-0.39, 0.29) is 11.7 Å². The highest BCUT2D eigenvalue weighted by Crippen LogP contribution is 2.13. The van der Waals surface area contributed by atoms with E-state index >= 15 is 0 Å². The highest BCUT2D eigenvalue weighted by molar-refractivity contribution is 5.93. The number of imidazole rings is 1. The van der Waals surface area contributed by atoms with Crippen molar-refractivity contribution < 1.29 is 13.9 Å². The second kappa shape index (κ2) is 6.05. The minimum Gasteiger partial charge on any atom is -0.381 e. The van der Waals surface area contributed by atoms with Crippen LogP contribution in [0.5, 0.6) is 0 Å². The normalized spacial score (nSPS) is 17.9. The molecule has 2 heterocycles. The summed E-state index contributed by atoms with van der Waals surface area (Å²) in [5.41, 5.74) is 1.13. The maximum Gasteiger partial charge on any atom is 0.269 e. The summed E-state index contributed by atoms with van der Waals surface area (Å²) < 4.78 is 19.9. The Kier molecular flexibility index (Phi) is 3.96. The second-order valence-electron chi connectivity index (χ2n) is 5.06. The molecule has 1 saturated heterocycles. The quantitative estimate of drug-likeness (QED) is 0.933. The van der Waals surface area contributed by atoms with Gasteiger partial charge in [-0.05, 0) is 30.7 Å². The highest BCUT2D eigenvalue weighted by atomic mass is 19.1. The van der Waals surface area contributed by atoms with Crippen molar-refractivity contribution in [3.63, 3.8) is 0 Å². The Morgan fingerprint density at radius 2 is 2.24 bits per heavy atom. The van der Waals surface area contributed by atoms with Crippen molar-refractivity contribution in [2.75, 3.05) is 19.8 Å². The van der Waals surface area contributed by atoms with Gasteiger partial charge in [0.2, 0.25) is 0 Å². The lowest BCUT2D eigenvalue weighted by Crippen LogP contribution is -2.30. The first-order valence-corrected chi connectivity index (χ1v) is 6.88. The Morgan fingerprint density at radius 1 is 1.43 bits per heavy atom. The first kappa shape index (κ1) is 13.8. The van der Waals surface area contributed by atoms with Gasteiger partial charge < -0.3 is 10.1 Å². The summed E-state index contributed by atoms with van der Waals surface area (Å²) in [6, 6.07) is 5.93. The number of carbonyl (C=O) groups excluding carboxylic acids is 1. The van der Waals surface area contributed by atoms with Gasteiger partial charge in [-0.1, -0.05) is 0 Å². The molecule has 1 aromatic heterocycles. The van der Waals surface area contributed by atoms with Crippen LogP contribution in [0.3, 0.4) is 0 Å². The standard InChI is InChI=1S/C15H16FN3O2/c16-12-1-3-13(4-2-12)19-10-17-8-14(19)15(20)18-7-11-5-6-21-9-11/h1-4,8,10-11H,5-7,9H2,(H,18,20). The van der Waals surface area contributed by atoms with E-state index in [1.807, 2.05) is 0 Å². The summed E-state index contributed by atoms with van der Waals surface area (Å²) in [7, 11) is 0. The van der Waals surface area contributed by atoms with Crippen LogP contribution in [-0.4, -0.2) is 35.2 Å². The average molecular weight is 289 g/mol. The molecule has 1 amide bonds. The van der Waals surface area contributed by atoms with Crippen molar-refractivity contribution in [3.05, 3.63) is 48.3 Å². The number of carbonyl (C=O) groups is 1. The molecular weight excluding hydrogens is 273 g/mol. The van der Waals surface area contributed by atoms with Crippen LogP contribution in [0.1, 0.15) is 16.9 Å². The third-order valence-corrected chi connectivity index (χ3v) is 3.55. The Balaban J connectivity index is 1.72. The number of benzene rings is 1. The molecule has 6 heteroatoms. The van der Waals surface area contributed by atoms with E-state index < -0.39 is 0 Å². The van der Waals surface area contributed by atoms with Gasteiger partial charge in [0, 0.05) is 24.8 Å². The molecule has 1 aliphatic heterocycles. The maximum atomic E-state index is 13.0. The molecule has 0 saturated carbocycles. The van der Waals surface area contributed by atoms with Gasteiger partial charge in [-0.2, -0.15) is 0 Å². The average Bonchev–Trinajstić information content (AvgIpc) is 3.17. The molecule has 1 atom stereocenters. The number of halogens is 1. The van der Waals surface area contributed by atoms with E-state index in [0.29, 0.717) is 30.5 Å². The van der Waals surface area contributed by atoms with E-state index in [1.54, 1.807) is 23.0 Å². The third kappa shape index (κ3) is 3.11. The van der Waals surface area contributed by atoms with Crippen molar-refractivity contribution in [2.24, 2.45) is 5.92 Å². The molecule has 1 unspecified atom stereocenters. The van der Waals surface area contributed by atoms with Gasteiger partial charge in [-0.3, -0.25) is 9.36 Å². The SMILES string of the molecule is O=C(NCC1CCOC1)c1cncn1-c1ccc(F)cc1. The molecule has 1 fully saturated rings. The summed E-state index contributed by atoms with van der Waals surface area (Å²) in [6.07, 6.45) is 4.02. The maximum absolute atomic E-state index is 13.0. The van der Waals surface area contributed by atoms with E-state index in [2.05, 4.69) is 10.3 Å². The molecule has 21 heavy (non-hydrogen) atoms. The predicted molar refractivity (Wildman–Crippen MR) is 74.8 cm³/mol. The first-order chi connectivity index (χ1) is 10.2. The van der Waals surface area contributed by atoms with E-state index in [1.165, 1.54) is 18.3 Å². The van der Waals surface area contributed by atoms with Crippen molar-refractivity contribution in [1.29, 1.82) is 0 Å². The molecule has 0 radical (unpaired) electrons. The molecule has 110 valence electrons. The fourth-order valence-corrected chi connectivity index (χ4v) is 2.34. The fourth-order valence-electron chi connectivity index (χ4n) is 2.34.